The number of amides is 1. The van der Waals surface area contributed by atoms with Gasteiger partial charge in [-0.05, 0) is 37.0 Å². The van der Waals surface area contributed by atoms with Gasteiger partial charge in [-0.3, -0.25) is 14.4 Å². The number of pyridine rings is 1. The molecule has 0 radical (unpaired) electrons. The second-order valence-electron chi connectivity index (χ2n) is 6.07. The van der Waals surface area contributed by atoms with Gasteiger partial charge in [0.1, 0.15) is 5.82 Å². The number of piperidine rings is 1. The zero-order valence-corrected chi connectivity index (χ0v) is 12.9. The van der Waals surface area contributed by atoms with Crippen molar-refractivity contribution in [1.29, 1.82) is 0 Å². The Balaban J connectivity index is 1.85. The smallest absolute Gasteiger partial charge is 0.303 e. The number of fused-ring (bicyclic) bond motifs is 1. The van der Waals surface area contributed by atoms with Crippen LogP contribution in [-0.2, 0) is 4.79 Å². The number of likely N-dealkylation sites (tertiary alicyclic amines) is 1. The molecule has 1 aliphatic rings. The summed E-state index contributed by atoms with van der Waals surface area (Å²) in [5.41, 5.74) is 0.0641. The van der Waals surface area contributed by atoms with E-state index < -0.39 is 17.3 Å². The minimum atomic E-state index is -0.831. The molecule has 7 heteroatoms. The zero-order valence-electron chi connectivity index (χ0n) is 12.9. The van der Waals surface area contributed by atoms with Gasteiger partial charge in [-0.1, -0.05) is 0 Å². The highest BCUT2D eigenvalue weighted by Gasteiger charge is 2.26. The van der Waals surface area contributed by atoms with E-state index in [1.807, 2.05) is 0 Å². The van der Waals surface area contributed by atoms with Gasteiger partial charge in [-0.2, -0.15) is 0 Å². The summed E-state index contributed by atoms with van der Waals surface area (Å²) in [7, 11) is 0. The quantitative estimate of drug-likeness (QED) is 0.899. The SMILES string of the molecule is O=C(O)CC1CCN(C(=O)c2cc(=O)[nH]c3cc(F)ccc23)CC1. The maximum absolute atomic E-state index is 13.3. The number of carbonyl (C=O) groups is 2. The minimum absolute atomic E-state index is 0.0663. The Labute approximate surface area is 136 Å². The number of rotatable bonds is 3. The van der Waals surface area contributed by atoms with E-state index >= 15 is 0 Å². The Kier molecular flexibility index (Phi) is 4.33. The first kappa shape index (κ1) is 16.2. The van der Waals surface area contributed by atoms with E-state index in [1.165, 1.54) is 24.3 Å². The molecule has 1 aliphatic heterocycles. The third kappa shape index (κ3) is 3.29. The standard InChI is InChI=1S/C17H17FN2O4/c18-11-1-2-12-13(9-15(21)19-14(12)8-11)17(24)20-5-3-10(4-6-20)7-16(22)23/h1-2,8-10H,3-7H2,(H,19,21)(H,22,23). The molecule has 126 valence electrons. The molecule has 0 saturated carbocycles. The number of carboxylic acid groups (broad SMARTS) is 1. The van der Waals surface area contributed by atoms with Gasteiger partial charge in [0.15, 0.2) is 0 Å². The van der Waals surface area contributed by atoms with Gasteiger partial charge < -0.3 is 15.0 Å². The molecule has 2 heterocycles. The first-order chi connectivity index (χ1) is 11.4. The topological polar surface area (TPSA) is 90.5 Å². The molecule has 1 fully saturated rings. The van der Waals surface area contributed by atoms with Crippen molar-refractivity contribution in [2.75, 3.05) is 13.1 Å². The largest absolute Gasteiger partial charge is 0.481 e. The number of H-pyrrole nitrogens is 1. The van der Waals surface area contributed by atoms with Crippen molar-refractivity contribution < 1.29 is 19.1 Å². The summed E-state index contributed by atoms with van der Waals surface area (Å²) in [6.45, 7) is 0.901. The lowest BCUT2D eigenvalue weighted by Crippen LogP contribution is -2.39. The van der Waals surface area contributed by atoms with E-state index in [-0.39, 0.29) is 29.3 Å². The number of aromatic amines is 1. The fourth-order valence-electron chi connectivity index (χ4n) is 3.17. The Morgan fingerprint density at radius 2 is 1.96 bits per heavy atom. The number of aliphatic carboxylic acids is 1. The van der Waals surface area contributed by atoms with Crippen molar-refractivity contribution in [3.63, 3.8) is 0 Å². The van der Waals surface area contributed by atoms with Gasteiger partial charge in [0.2, 0.25) is 5.56 Å². The normalized spacial score (nSPS) is 15.6. The molecule has 0 atom stereocenters. The van der Waals surface area contributed by atoms with Crippen LogP contribution < -0.4 is 5.56 Å². The number of carboxylic acids is 1. The number of carbonyl (C=O) groups excluding carboxylic acids is 1. The lowest BCUT2D eigenvalue weighted by atomic mass is 9.93. The van der Waals surface area contributed by atoms with Crippen molar-refractivity contribution in [1.82, 2.24) is 9.88 Å². The second-order valence-corrected chi connectivity index (χ2v) is 6.07. The molecule has 1 aromatic heterocycles. The monoisotopic (exact) mass is 332 g/mol. The maximum atomic E-state index is 13.3. The van der Waals surface area contributed by atoms with Crippen LogP contribution in [0.25, 0.3) is 10.9 Å². The van der Waals surface area contributed by atoms with Crippen molar-refractivity contribution in [3.8, 4) is 0 Å². The molecule has 6 nitrogen and oxygen atoms in total. The van der Waals surface area contributed by atoms with Crippen molar-refractivity contribution in [3.05, 3.63) is 46.0 Å². The molecular formula is C17H17FN2O4. The maximum Gasteiger partial charge on any atom is 0.303 e. The lowest BCUT2D eigenvalue weighted by molar-refractivity contribution is -0.138. The summed E-state index contributed by atoms with van der Waals surface area (Å²) < 4.78 is 13.3. The minimum Gasteiger partial charge on any atom is -0.481 e. The van der Waals surface area contributed by atoms with Crippen LogP contribution in [0.5, 0.6) is 0 Å². The summed E-state index contributed by atoms with van der Waals surface area (Å²) in [6.07, 6.45) is 1.34. The molecule has 2 aromatic rings. The average molecular weight is 332 g/mol. The van der Waals surface area contributed by atoms with Crippen LogP contribution in [-0.4, -0.2) is 40.0 Å². The van der Waals surface area contributed by atoms with Crippen LogP contribution in [0.3, 0.4) is 0 Å². The first-order valence-corrected chi connectivity index (χ1v) is 7.77. The lowest BCUT2D eigenvalue weighted by Gasteiger charge is -2.31. The molecule has 0 bridgehead atoms. The molecule has 1 saturated heterocycles. The molecule has 2 N–H and O–H groups in total. The summed E-state index contributed by atoms with van der Waals surface area (Å²) >= 11 is 0. The van der Waals surface area contributed by atoms with E-state index in [0.717, 1.165) is 0 Å². The average Bonchev–Trinajstić information content (AvgIpc) is 2.53. The fraction of sp³-hybridized carbons (Fsp3) is 0.353. The summed E-state index contributed by atoms with van der Waals surface area (Å²) in [4.78, 5) is 39.4. The predicted octanol–water partition coefficient (Wildman–Crippen LogP) is 1.99. The summed E-state index contributed by atoms with van der Waals surface area (Å²) in [5, 5.41) is 9.33. The van der Waals surface area contributed by atoms with Gasteiger partial charge in [0.25, 0.3) is 5.91 Å². The molecule has 0 unspecified atom stereocenters. The number of aromatic nitrogens is 1. The highest BCUT2D eigenvalue weighted by atomic mass is 19.1. The Morgan fingerprint density at radius 3 is 2.62 bits per heavy atom. The third-order valence-electron chi connectivity index (χ3n) is 4.40. The number of nitrogens with one attached hydrogen (secondary N) is 1. The molecule has 0 spiro atoms. The van der Waals surface area contributed by atoms with Crippen LogP contribution in [0, 0.1) is 11.7 Å². The molecule has 3 rings (SSSR count). The van der Waals surface area contributed by atoms with Gasteiger partial charge in [-0.15, -0.1) is 0 Å². The highest BCUT2D eigenvalue weighted by Crippen LogP contribution is 2.24. The van der Waals surface area contributed by atoms with E-state index in [0.29, 0.717) is 31.3 Å². The molecule has 1 amide bonds. The van der Waals surface area contributed by atoms with Gasteiger partial charge in [0, 0.05) is 31.0 Å². The molecule has 24 heavy (non-hydrogen) atoms. The third-order valence-corrected chi connectivity index (χ3v) is 4.40. The predicted molar refractivity (Wildman–Crippen MR) is 85.4 cm³/mol. The molecule has 0 aliphatic carbocycles. The number of nitrogens with zero attached hydrogens (tertiary/aromatic N) is 1. The van der Waals surface area contributed by atoms with Crippen molar-refractivity contribution >= 4 is 22.8 Å². The molecular weight excluding hydrogens is 315 g/mol. The Morgan fingerprint density at radius 1 is 1.25 bits per heavy atom. The summed E-state index contributed by atoms with van der Waals surface area (Å²) in [5.74, 6) is -1.54. The fourth-order valence-corrected chi connectivity index (χ4v) is 3.17. The number of benzene rings is 1. The highest BCUT2D eigenvalue weighted by molar-refractivity contribution is 6.06. The van der Waals surface area contributed by atoms with Crippen molar-refractivity contribution in [2.24, 2.45) is 5.92 Å². The number of hydrogen-bond donors (Lipinski definition) is 2. The van der Waals surface area contributed by atoms with E-state index in [1.54, 1.807) is 4.90 Å². The number of halogens is 1. The van der Waals surface area contributed by atoms with Crippen molar-refractivity contribution in [2.45, 2.75) is 19.3 Å². The molecule has 1 aromatic carbocycles. The van der Waals surface area contributed by atoms with Gasteiger partial charge >= 0.3 is 5.97 Å². The van der Waals surface area contributed by atoms with Crippen LogP contribution in [0.2, 0.25) is 0 Å². The Hall–Kier alpha value is -2.70. The van der Waals surface area contributed by atoms with E-state index in [4.69, 9.17) is 5.11 Å². The van der Waals surface area contributed by atoms with Crippen LogP contribution in [0.15, 0.2) is 29.1 Å². The van der Waals surface area contributed by atoms with E-state index in [2.05, 4.69) is 4.98 Å². The Bertz CT molecular complexity index is 853. The van der Waals surface area contributed by atoms with Crippen LogP contribution >= 0.6 is 0 Å². The van der Waals surface area contributed by atoms with Gasteiger partial charge in [-0.25, -0.2) is 4.39 Å². The first-order valence-electron chi connectivity index (χ1n) is 7.77. The van der Waals surface area contributed by atoms with Crippen LogP contribution in [0.4, 0.5) is 4.39 Å². The van der Waals surface area contributed by atoms with Crippen LogP contribution in [0.1, 0.15) is 29.6 Å². The second kappa shape index (κ2) is 6.43. The summed E-state index contributed by atoms with van der Waals surface area (Å²) in [6, 6.07) is 5.14. The zero-order chi connectivity index (χ0) is 17.3. The van der Waals surface area contributed by atoms with E-state index in [9.17, 15) is 18.8 Å². The van der Waals surface area contributed by atoms with Gasteiger partial charge in [0.05, 0.1) is 11.1 Å². The number of hydrogen-bond acceptors (Lipinski definition) is 3.